The maximum Gasteiger partial charge on any atom is 0.322 e. The van der Waals surface area contributed by atoms with Gasteiger partial charge in [0.05, 0.1) is 22.9 Å². The second-order valence-corrected chi connectivity index (χ2v) is 8.55. The van der Waals surface area contributed by atoms with Crippen LogP contribution in [0.3, 0.4) is 0 Å². The molecule has 0 aliphatic carbocycles. The SMILES string of the molecule is C.CCCC1CN(C)C(=O)c2c3c(nn2C1)CCN(C(=O)Nc1cc(Cl)c(F)cc1F)C3. The number of carbonyl (C=O) groups is 2. The van der Waals surface area contributed by atoms with E-state index >= 15 is 0 Å². The van der Waals surface area contributed by atoms with Crippen LogP contribution in [0.25, 0.3) is 0 Å². The van der Waals surface area contributed by atoms with E-state index in [9.17, 15) is 18.4 Å². The summed E-state index contributed by atoms with van der Waals surface area (Å²) in [5.41, 5.74) is 1.86. The third-order valence-corrected chi connectivity index (χ3v) is 6.14. The number of aromatic nitrogens is 2. The van der Waals surface area contributed by atoms with Gasteiger partial charge in [-0.1, -0.05) is 32.4 Å². The average Bonchev–Trinajstić information content (AvgIpc) is 3.02. The zero-order valence-electron chi connectivity index (χ0n) is 17.4. The highest BCUT2D eigenvalue weighted by atomic mass is 35.5. The van der Waals surface area contributed by atoms with E-state index in [-0.39, 0.29) is 30.6 Å². The number of carbonyl (C=O) groups excluding carboxylic acids is 2. The van der Waals surface area contributed by atoms with Crippen LogP contribution in [-0.4, -0.2) is 51.7 Å². The van der Waals surface area contributed by atoms with Crippen LogP contribution in [0.5, 0.6) is 0 Å². The molecule has 4 rings (SSSR count). The number of halogens is 3. The Labute approximate surface area is 191 Å². The first kappa shape index (κ1) is 24.0. The summed E-state index contributed by atoms with van der Waals surface area (Å²) in [4.78, 5) is 29.0. The number of nitrogens with one attached hydrogen (secondary N) is 1. The summed E-state index contributed by atoms with van der Waals surface area (Å²) in [7, 11) is 1.79. The number of amides is 3. The van der Waals surface area contributed by atoms with Crippen molar-refractivity contribution in [1.29, 1.82) is 0 Å². The molecule has 3 amide bonds. The van der Waals surface area contributed by atoms with Crippen molar-refractivity contribution in [2.45, 2.75) is 46.7 Å². The van der Waals surface area contributed by atoms with Crippen LogP contribution in [0.1, 0.15) is 48.9 Å². The molecule has 32 heavy (non-hydrogen) atoms. The number of hydrogen-bond donors (Lipinski definition) is 1. The van der Waals surface area contributed by atoms with Crippen molar-refractivity contribution < 1.29 is 18.4 Å². The lowest BCUT2D eigenvalue weighted by Crippen LogP contribution is -2.40. The molecule has 1 aromatic carbocycles. The molecule has 1 N–H and O–H groups in total. The molecule has 2 aliphatic heterocycles. The minimum absolute atomic E-state index is 0. The quantitative estimate of drug-likeness (QED) is 0.673. The van der Waals surface area contributed by atoms with Gasteiger partial charge in [-0.15, -0.1) is 0 Å². The molecule has 1 atom stereocenters. The zero-order chi connectivity index (χ0) is 22.3. The molecule has 1 aromatic heterocycles. The summed E-state index contributed by atoms with van der Waals surface area (Å²) < 4.78 is 29.2. The van der Waals surface area contributed by atoms with Crippen molar-refractivity contribution >= 4 is 29.2 Å². The Morgan fingerprint density at radius 2 is 2.03 bits per heavy atom. The molecule has 0 bridgehead atoms. The van der Waals surface area contributed by atoms with E-state index in [1.165, 1.54) is 4.90 Å². The van der Waals surface area contributed by atoms with Gasteiger partial charge in [-0.25, -0.2) is 13.6 Å². The fraction of sp³-hybridized carbons (Fsp3) is 0.500. The third kappa shape index (κ3) is 4.44. The van der Waals surface area contributed by atoms with Crippen LogP contribution in [0, 0.1) is 17.6 Å². The van der Waals surface area contributed by atoms with Crippen molar-refractivity contribution in [1.82, 2.24) is 19.6 Å². The van der Waals surface area contributed by atoms with Crippen molar-refractivity contribution in [3.8, 4) is 0 Å². The van der Waals surface area contributed by atoms with Gasteiger partial charge in [-0.2, -0.15) is 5.10 Å². The fourth-order valence-electron chi connectivity index (χ4n) is 4.33. The maximum absolute atomic E-state index is 14.0. The molecule has 10 heteroatoms. The molecule has 0 saturated carbocycles. The normalized spacial score (nSPS) is 17.9. The summed E-state index contributed by atoms with van der Waals surface area (Å²) in [6, 6.07) is 1.12. The van der Waals surface area contributed by atoms with E-state index < -0.39 is 17.7 Å². The lowest BCUT2D eigenvalue weighted by Gasteiger charge is -2.27. The van der Waals surface area contributed by atoms with Crippen molar-refractivity contribution in [2.75, 3.05) is 25.5 Å². The number of hydrogen-bond acceptors (Lipinski definition) is 3. The predicted molar refractivity (Wildman–Crippen MR) is 119 cm³/mol. The second-order valence-electron chi connectivity index (χ2n) is 8.14. The summed E-state index contributed by atoms with van der Waals surface area (Å²) in [6.45, 7) is 4.01. The summed E-state index contributed by atoms with van der Waals surface area (Å²) >= 11 is 5.71. The number of anilines is 1. The van der Waals surface area contributed by atoms with Crippen molar-refractivity contribution in [3.63, 3.8) is 0 Å². The van der Waals surface area contributed by atoms with E-state index in [1.54, 1.807) is 16.6 Å². The van der Waals surface area contributed by atoms with Gasteiger partial charge in [-0.05, 0) is 18.4 Å². The molecule has 0 fully saturated rings. The van der Waals surface area contributed by atoms with E-state index in [1.807, 2.05) is 0 Å². The van der Waals surface area contributed by atoms with Gasteiger partial charge >= 0.3 is 6.03 Å². The topological polar surface area (TPSA) is 70.5 Å². The molecule has 7 nitrogen and oxygen atoms in total. The van der Waals surface area contributed by atoms with E-state index in [4.69, 9.17) is 11.6 Å². The maximum atomic E-state index is 14.0. The first-order valence-electron chi connectivity index (χ1n) is 10.3. The molecular weight excluding hydrogens is 440 g/mol. The Balaban J connectivity index is 0.00000289. The van der Waals surface area contributed by atoms with Crippen molar-refractivity contribution in [3.05, 3.63) is 45.7 Å². The summed E-state index contributed by atoms with van der Waals surface area (Å²) in [5.74, 6) is -1.59. The summed E-state index contributed by atoms with van der Waals surface area (Å²) in [6.07, 6.45) is 2.52. The van der Waals surface area contributed by atoms with E-state index in [0.717, 1.165) is 30.2 Å². The highest BCUT2D eigenvalue weighted by Gasteiger charge is 2.34. The highest BCUT2D eigenvalue weighted by molar-refractivity contribution is 6.31. The highest BCUT2D eigenvalue weighted by Crippen LogP contribution is 2.29. The van der Waals surface area contributed by atoms with Gasteiger partial charge in [0.25, 0.3) is 5.91 Å². The molecular formula is C22H28ClF2N5O2. The number of rotatable bonds is 3. The monoisotopic (exact) mass is 467 g/mol. The number of fused-ring (bicyclic) bond motifs is 3. The Bertz CT molecular complexity index is 1040. The lowest BCUT2D eigenvalue weighted by molar-refractivity contribution is 0.0777. The largest absolute Gasteiger partial charge is 0.340 e. The predicted octanol–water partition coefficient (Wildman–Crippen LogP) is 4.54. The van der Waals surface area contributed by atoms with Crippen LogP contribution in [0.2, 0.25) is 5.02 Å². The molecule has 174 valence electrons. The van der Waals surface area contributed by atoms with Gasteiger partial charge in [0, 0.05) is 44.7 Å². The standard InChI is InChI=1S/C21H24ClF2N5O2.CH4/c1-3-4-12-9-27(2)20(30)19-13-11-28(6-5-17(13)26-29(19)10-12)21(31)25-18-7-14(22)15(23)8-16(18)24;/h7-8,12H,3-6,9-11H2,1-2H3,(H,25,31);1H4. The third-order valence-electron chi connectivity index (χ3n) is 5.85. The first-order chi connectivity index (χ1) is 14.8. The molecule has 3 heterocycles. The number of benzene rings is 1. The van der Waals surface area contributed by atoms with Gasteiger partial charge < -0.3 is 15.1 Å². The Hall–Kier alpha value is -2.68. The molecule has 1 unspecified atom stereocenters. The van der Waals surface area contributed by atoms with Crippen LogP contribution >= 0.6 is 11.6 Å². The molecule has 0 saturated heterocycles. The Morgan fingerprint density at radius 3 is 2.75 bits per heavy atom. The zero-order valence-corrected chi connectivity index (χ0v) is 18.2. The molecule has 2 aromatic rings. The Morgan fingerprint density at radius 1 is 1.28 bits per heavy atom. The second kappa shape index (κ2) is 9.44. The smallest absolute Gasteiger partial charge is 0.322 e. The van der Waals surface area contributed by atoms with Crippen molar-refractivity contribution in [2.24, 2.45) is 5.92 Å². The van der Waals surface area contributed by atoms with Gasteiger partial charge in [0.1, 0.15) is 17.3 Å². The van der Waals surface area contributed by atoms with Crippen LogP contribution in [0.4, 0.5) is 19.3 Å². The minimum atomic E-state index is -0.911. The van der Waals surface area contributed by atoms with E-state index in [2.05, 4.69) is 17.3 Å². The Kier molecular flexibility index (Phi) is 7.07. The number of nitrogens with zero attached hydrogens (tertiary/aromatic N) is 4. The van der Waals surface area contributed by atoms with Crippen LogP contribution in [0.15, 0.2) is 12.1 Å². The lowest BCUT2D eigenvalue weighted by atomic mass is 10.0. The van der Waals surface area contributed by atoms with E-state index in [0.29, 0.717) is 43.7 Å². The average molecular weight is 468 g/mol. The minimum Gasteiger partial charge on any atom is -0.340 e. The van der Waals surface area contributed by atoms with Gasteiger partial charge in [0.2, 0.25) is 0 Å². The van der Waals surface area contributed by atoms with Crippen LogP contribution in [-0.2, 0) is 19.5 Å². The van der Waals surface area contributed by atoms with Gasteiger partial charge in [0.15, 0.2) is 0 Å². The van der Waals surface area contributed by atoms with Gasteiger partial charge in [-0.3, -0.25) is 9.48 Å². The molecule has 0 radical (unpaired) electrons. The molecule has 0 spiro atoms. The van der Waals surface area contributed by atoms with Crippen LogP contribution < -0.4 is 5.32 Å². The fourth-order valence-corrected chi connectivity index (χ4v) is 4.49. The summed E-state index contributed by atoms with van der Waals surface area (Å²) in [5, 5.41) is 6.84. The first-order valence-corrected chi connectivity index (χ1v) is 10.7. The molecule has 2 aliphatic rings. The number of urea groups is 1.